The van der Waals surface area contributed by atoms with Crippen LogP contribution in [0.3, 0.4) is 0 Å². The second-order valence-corrected chi connectivity index (χ2v) is 6.73. The molecular formula is C15H12NPS. The number of benzene rings is 2. The summed E-state index contributed by atoms with van der Waals surface area (Å²) in [6, 6.07) is 21.3. The molecule has 0 bridgehead atoms. The van der Waals surface area contributed by atoms with Gasteiger partial charge in [0, 0.05) is 13.3 Å². The summed E-state index contributed by atoms with van der Waals surface area (Å²) in [4.78, 5) is 4.52. The SMILES string of the molecule is c1ccc(P(c2ccccc2)c2cscn2)cc1. The molecule has 0 radical (unpaired) electrons. The zero-order chi connectivity index (χ0) is 12.2. The summed E-state index contributed by atoms with van der Waals surface area (Å²) in [5.41, 5.74) is 3.10. The lowest BCUT2D eigenvalue weighted by atomic mass is 10.4. The van der Waals surface area contributed by atoms with Gasteiger partial charge in [0.05, 0.1) is 10.9 Å². The molecule has 0 aliphatic heterocycles. The van der Waals surface area contributed by atoms with E-state index in [0.29, 0.717) is 0 Å². The maximum atomic E-state index is 4.52. The summed E-state index contributed by atoms with van der Waals surface area (Å²) >= 11 is 1.66. The first-order valence-electron chi connectivity index (χ1n) is 5.73. The van der Waals surface area contributed by atoms with Crippen molar-refractivity contribution in [3.05, 3.63) is 71.6 Å². The van der Waals surface area contributed by atoms with E-state index in [2.05, 4.69) is 71.0 Å². The van der Waals surface area contributed by atoms with Crippen LogP contribution in [0.5, 0.6) is 0 Å². The van der Waals surface area contributed by atoms with E-state index in [4.69, 9.17) is 0 Å². The van der Waals surface area contributed by atoms with Crippen LogP contribution in [0, 0.1) is 0 Å². The first kappa shape index (κ1) is 11.6. The van der Waals surface area contributed by atoms with Gasteiger partial charge in [-0.1, -0.05) is 60.7 Å². The number of nitrogens with zero attached hydrogens (tertiary/aromatic N) is 1. The zero-order valence-corrected chi connectivity index (χ0v) is 11.4. The number of rotatable bonds is 3. The molecule has 0 unspecified atom stereocenters. The third-order valence-electron chi connectivity index (χ3n) is 2.68. The fourth-order valence-corrected chi connectivity index (χ4v) is 4.93. The van der Waals surface area contributed by atoms with Crippen molar-refractivity contribution in [2.75, 3.05) is 0 Å². The highest BCUT2D eigenvalue weighted by Crippen LogP contribution is 2.31. The van der Waals surface area contributed by atoms with E-state index in [1.165, 1.54) is 16.0 Å². The van der Waals surface area contributed by atoms with Crippen LogP contribution in [0.25, 0.3) is 0 Å². The molecular weight excluding hydrogens is 257 g/mol. The van der Waals surface area contributed by atoms with E-state index >= 15 is 0 Å². The number of thiazole rings is 1. The Hall–Kier alpha value is -1.50. The summed E-state index contributed by atoms with van der Waals surface area (Å²) in [5.74, 6) is 0. The van der Waals surface area contributed by atoms with Crippen LogP contribution in [-0.2, 0) is 0 Å². The lowest BCUT2D eigenvalue weighted by molar-refractivity contribution is 1.49. The van der Waals surface area contributed by atoms with Gasteiger partial charge in [-0.25, -0.2) is 4.98 Å². The van der Waals surface area contributed by atoms with Crippen molar-refractivity contribution in [3.8, 4) is 0 Å². The van der Waals surface area contributed by atoms with Gasteiger partial charge >= 0.3 is 0 Å². The Morgan fingerprint density at radius 3 is 1.78 bits per heavy atom. The average Bonchev–Trinajstić information content (AvgIpc) is 2.95. The van der Waals surface area contributed by atoms with Gasteiger partial charge < -0.3 is 0 Å². The van der Waals surface area contributed by atoms with Crippen LogP contribution in [-0.4, -0.2) is 4.98 Å². The number of hydrogen-bond donors (Lipinski definition) is 0. The fraction of sp³-hybridized carbons (Fsp3) is 0. The van der Waals surface area contributed by atoms with E-state index < -0.39 is 7.92 Å². The van der Waals surface area contributed by atoms with Gasteiger partial charge in [-0.15, -0.1) is 11.3 Å². The summed E-state index contributed by atoms with van der Waals surface area (Å²) in [6.45, 7) is 0. The highest BCUT2D eigenvalue weighted by Gasteiger charge is 2.17. The smallest absolute Gasteiger partial charge is 0.0829 e. The predicted octanol–water partition coefficient (Wildman–Crippen LogP) is 2.90. The molecule has 1 nitrogen and oxygen atoms in total. The van der Waals surface area contributed by atoms with E-state index in [0.717, 1.165) is 0 Å². The predicted molar refractivity (Wildman–Crippen MR) is 80.8 cm³/mol. The molecule has 0 amide bonds. The van der Waals surface area contributed by atoms with Gasteiger partial charge in [0.1, 0.15) is 0 Å². The molecule has 2 aromatic carbocycles. The Balaban J connectivity index is 2.11. The van der Waals surface area contributed by atoms with E-state index in [-0.39, 0.29) is 0 Å². The van der Waals surface area contributed by atoms with Crippen LogP contribution >= 0.6 is 19.3 Å². The standard InChI is InChI=1S/C15H12NPS/c1-3-7-13(8-4-1)17(15-11-18-12-16-15)14-9-5-2-6-10-14/h1-12H. The van der Waals surface area contributed by atoms with Crippen LogP contribution in [0.15, 0.2) is 71.6 Å². The van der Waals surface area contributed by atoms with E-state index in [1.807, 2.05) is 5.51 Å². The minimum atomic E-state index is -0.510. The van der Waals surface area contributed by atoms with Crippen LogP contribution < -0.4 is 16.0 Å². The summed E-state index contributed by atoms with van der Waals surface area (Å²) in [5, 5.41) is 4.86. The lowest BCUT2D eigenvalue weighted by Crippen LogP contribution is -2.20. The molecule has 0 saturated carbocycles. The molecule has 0 N–H and O–H groups in total. The fourth-order valence-electron chi connectivity index (χ4n) is 1.88. The number of aromatic nitrogens is 1. The summed E-state index contributed by atoms with van der Waals surface area (Å²) < 4.78 is 0. The number of hydrogen-bond acceptors (Lipinski definition) is 2. The highest BCUT2D eigenvalue weighted by molar-refractivity contribution is 7.79. The van der Waals surface area contributed by atoms with Gasteiger partial charge in [0.15, 0.2) is 0 Å². The summed E-state index contributed by atoms with van der Waals surface area (Å²) in [6.07, 6.45) is 0. The molecule has 3 heteroatoms. The van der Waals surface area contributed by atoms with Crippen molar-refractivity contribution < 1.29 is 0 Å². The lowest BCUT2D eigenvalue weighted by Gasteiger charge is -2.16. The molecule has 0 spiro atoms. The first-order valence-corrected chi connectivity index (χ1v) is 8.02. The summed E-state index contributed by atoms with van der Waals surface area (Å²) in [7, 11) is -0.510. The van der Waals surface area contributed by atoms with Crippen molar-refractivity contribution in [3.63, 3.8) is 0 Å². The van der Waals surface area contributed by atoms with Crippen molar-refractivity contribution in [2.24, 2.45) is 0 Å². The monoisotopic (exact) mass is 269 g/mol. The van der Waals surface area contributed by atoms with Gasteiger partial charge in [-0.2, -0.15) is 0 Å². The van der Waals surface area contributed by atoms with Crippen LogP contribution in [0.2, 0.25) is 0 Å². The van der Waals surface area contributed by atoms with Crippen molar-refractivity contribution in [1.29, 1.82) is 0 Å². The molecule has 1 heterocycles. The second kappa shape index (κ2) is 5.43. The Bertz CT molecular complexity index is 553. The largest absolute Gasteiger partial charge is 0.244 e. The van der Waals surface area contributed by atoms with E-state index in [9.17, 15) is 0 Å². The van der Waals surface area contributed by atoms with Crippen molar-refractivity contribution in [2.45, 2.75) is 0 Å². The van der Waals surface area contributed by atoms with Gasteiger partial charge in [0.25, 0.3) is 0 Å². The topological polar surface area (TPSA) is 12.9 Å². The molecule has 3 aromatic rings. The van der Waals surface area contributed by atoms with Gasteiger partial charge in [0.2, 0.25) is 0 Å². The third kappa shape index (κ3) is 2.35. The Labute approximate surface area is 112 Å². The molecule has 0 aliphatic rings. The molecule has 18 heavy (non-hydrogen) atoms. The van der Waals surface area contributed by atoms with Crippen LogP contribution in [0.1, 0.15) is 0 Å². The normalized spacial score (nSPS) is 10.7. The van der Waals surface area contributed by atoms with Gasteiger partial charge in [-0.3, -0.25) is 0 Å². The molecule has 3 rings (SSSR count). The minimum Gasteiger partial charge on any atom is -0.244 e. The molecule has 0 atom stereocenters. The third-order valence-corrected chi connectivity index (χ3v) is 5.77. The Morgan fingerprint density at radius 1 is 0.778 bits per heavy atom. The Kier molecular flexibility index (Phi) is 3.49. The minimum absolute atomic E-state index is 0.510. The maximum absolute atomic E-state index is 4.52. The van der Waals surface area contributed by atoms with Gasteiger partial charge in [-0.05, 0) is 10.6 Å². The second-order valence-electron chi connectivity index (χ2n) is 3.85. The maximum Gasteiger partial charge on any atom is 0.0829 e. The zero-order valence-electron chi connectivity index (χ0n) is 9.73. The molecule has 1 aromatic heterocycles. The molecule has 0 saturated heterocycles. The Morgan fingerprint density at radius 2 is 1.33 bits per heavy atom. The molecule has 0 aliphatic carbocycles. The highest BCUT2D eigenvalue weighted by atomic mass is 32.1. The average molecular weight is 269 g/mol. The quantitative estimate of drug-likeness (QED) is 0.666. The first-order chi connectivity index (χ1) is 8.95. The van der Waals surface area contributed by atoms with Crippen molar-refractivity contribution in [1.82, 2.24) is 4.98 Å². The van der Waals surface area contributed by atoms with Crippen LogP contribution in [0.4, 0.5) is 0 Å². The molecule has 0 fully saturated rings. The molecule has 88 valence electrons. The van der Waals surface area contributed by atoms with Crippen molar-refractivity contribution >= 4 is 35.3 Å². The van der Waals surface area contributed by atoms with E-state index in [1.54, 1.807) is 11.3 Å².